The fraction of sp³-hybridized carbons (Fsp3) is 0.619. The van der Waals surface area contributed by atoms with Gasteiger partial charge in [0.1, 0.15) is 18.0 Å². The van der Waals surface area contributed by atoms with Gasteiger partial charge in [0.25, 0.3) is 0 Å². The van der Waals surface area contributed by atoms with E-state index < -0.39 is 0 Å². The number of halogens is 1. The summed E-state index contributed by atoms with van der Waals surface area (Å²) in [5.41, 5.74) is 0. The standard InChI is InChI=1S/C21H32N8O.HI/c1-2-19-26-25-17-29(19)10-9-23-21(24-16-18-6-5-15-30-18)28-13-11-27(12-14-28)20-7-3-4-8-22-20;/h3-4,7-8,17-18H,2,5-6,9-16H2,1H3,(H,23,24);1H. The topological polar surface area (TPSA) is 83.7 Å². The highest BCUT2D eigenvalue weighted by Gasteiger charge is 2.22. The highest BCUT2D eigenvalue weighted by molar-refractivity contribution is 14.0. The number of aryl methyl sites for hydroxylation is 1. The lowest BCUT2D eigenvalue weighted by Gasteiger charge is -2.37. The average molecular weight is 540 g/mol. The maximum absolute atomic E-state index is 5.77. The van der Waals surface area contributed by atoms with Crippen molar-refractivity contribution in [1.29, 1.82) is 0 Å². The number of nitrogens with one attached hydrogen (secondary N) is 1. The summed E-state index contributed by atoms with van der Waals surface area (Å²) in [4.78, 5) is 14.1. The second-order valence-corrected chi connectivity index (χ2v) is 7.68. The number of aromatic nitrogens is 4. The summed E-state index contributed by atoms with van der Waals surface area (Å²) in [5.74, 6) is 3.03. The number of pyridine rings is 1. The van der Waals surface area contributed by atoms with Crippen molar-refractivity contribution in [2.75, 3.05) is 50.8 Å². The maximum atomic E-state index is 5.77. The Bertz CT molecular complexity index is 801. The molecule has 0 amide bonds. The predicted octanol–water partition coefficient (Wildman–Crippen LogP) is 1.80. The Morgan fingerprint density at radius 2 is 2.13 bits per heavy atom. The lowest BCUT2D eigenvalue weighted by molar-refractivity contribution is 0.117. The molecule has 0 saturated carbocycles. The molecular formula is C21H33IN8O. The Morgan fingerprint density at radius 1 is 1.26 bits per heavy atom. The monoisotopic (exact) mass is 540 g/mol. The fourth-order valence-electron chi connectivity index (χ4n) is 3.96. The van der Waals surface area contributed by atoms with Gasteiger partial charge in [-0.2, -0.15) is 0 Å². The van der Waals surface area contributed by atoms with Crippen LogP contribution in [-0.2, 0) is 17.7 Å². The number of ether oxygens (including phenoxy) is 1. The van der Waals surface area contributed by atoms with Crippen LogP contribution in [0.15, 0.2) is 35.7 Å². The molecule has 9 nitrogen and oxygen atoms in total. The molecule has 1 N–H and O–H groups in total. The van der Waals surface area contributed by atoms with E-state index in [9.17, 15) is 0 Å². The van der Waals surface area contributed by atoms with E-state index >= 15 is 0 Å². The fourth-order valence-corrected chi connectivity index (χ4v) is 3.96. The van der Waals surface area contributed by atoms with E-state index in [-0.39, 0.29) is 30.1 Å². The van der Waals surface area contributed by atoms with Gasteiger partial charge in [0.2, 0.25) is 0 Å². The van der Waals surface area contributed by atoms with Crippen LogP contribution >= 0.6 is 24.0 Å². The molecule has 0 aliphatic carbocycles. The Hall–Kier alpha value is -1.95. The first-order chi connectivity index (χ1) is 14.8. The first kappa shape index (κ1) is 23.7. The largest absolute Gasteiger partial charge is 0.376 e. The molecule has 170 valence electrons. The van der Waals surface area contributed by atoms with Crippen molar-refractivity contribution in [3.05, 3.63) is 36.5 Å². The number of hydrogen-bond donors (Lipinski definition) is 1. The Balaban J connectivity index is 0.00000272. The van der Waals surface area contributed by atoms with E-state index in [0.29, 0.717) is 0 Å². The maximum Gasteiger partial charge on any atom is 0.194 e. The van der Waals surface area contributed by atoms with Crippen LogP contribution in [0, 0.1) is 0 Å². The minimum absolute atomic E-state index is 0. The summed E-state index contributed by atoms with van der Waals surface area (Å²) in [5, 5.41) is 11.8. The Morgan fingerprint density at radius 3 is 2.84 bits per heavy atom. The molecule has 2 aliphatic heterocycles. The quantitative estimate of drug-likeness (QED) is 0.326. The second kappa shape index (κ2) is 12.2. The van der Waals surface area contributed by atoms with Crippen molar-refractivity contribution in [2.45, 2.75) is 38.8 Å². The second-order valence-electron chi connectivity index (χ2n) is 7.68. The van der Waals surface area contributed by atoms with Crippen molar-refractivity contribution in [2.24, 2.45) is 4.99 Å². The highest BCUT2D eigenvalue weighted by Crippen LogP contribution is 2.14. The Labute approximate surface area is 201 Å². The van der Waals surface area contributed by atoms with Gasteiger partial charge in [-0.3, -0.25) is 4.99 Å². The van der Waals surface area contributed by atoms with Crippen LogP contribution in [0.1, 0.15) is 25.6 Å². The van der Waals surface area contributed by atoms with Crippen LogP contribution in [0.25, 0.3) is 0 Å². The third-order valence-corrected chi connectivity index (χ3v) is 5.67. The molecule has 2 saturated heterocycles. The number of guanidine groups is 1. The van der Waals surface area contributed by atoms with Gasteiger partial charge in [0.05, 0.1) is 12.6 Å². The smallest absolute Gasteiger partial charge is 0.194 e. The zero-order valence-electron chi connectivity index (χ0n) is 18.2. The Kier molecular flexibility index (Phi) is 9.31. The number of piperazine rings is 1. The van der Waals surface area contributed by atoms with E-state index in [2.05, 4.69) is 47.9 Å². The summed E-state index contributed by atoms with van der Waals surface area (Å²) in [6.45, 7) is 8.99. The SMILES string of the molecule is CCc1nncn1CCNC(=NCC1CCCO1)N1CCN(c2ccccn2)CC1.I. The zero-order valence-corrected chi connectivity index (χ0v) is 20.5. The minimum atomic E-state index is 0. The average Bonchev–Trinajstić information content (AvgIpc) is 3.49. The van der Waals surface area contributed by atoms with E-state index in [1.807, 2.05) is 18.3 Å². The lowest BCUT2D eigenvalue weighted by Crippen LogP contribution is -2.53. The van der Waals surface area contributed by atoms with Gasteiger partial charge in [-0.25, -0.2) is 4.98 Å². The van der Waals surface area contributed by atoms with Crippen LogP contribution < -0.4 is 10.2 Å². The zero-order chi connectivity index (χ0) is 20.6. The highest BCUT2D eigenvalue weighted by atomic mass is 127. The summed E-state index contributed by atoms with van der Waals surface area (Å²) < 4.78 is 7.87. The normalized spacial score (nSPS) is 19.4. The molecular weight excluding hydrogens is 507 g/mol. The summed E-state index contributed by atoms with van der Waals surface area (Å²) in [6.07, 6.45) is 7.03. The van der Waals surface area contributed by atoms with Gasteiger partial charge in [0.15, 0.2) is 5.96 Å². The predicted molar refractivity (Wildman–Crippen MR) is 132 cm³/mol. The van der Waals surface area contributed by atoms with E-state index in [0.717, 1.165) is 89.3 Å². The van der Waals surface area contributed by atoms with E-state index in [4.69, 9.17) is 9.73 Å². The summed E-state index contributed by atoms with van der Waals surface area (Å²) >= 11 is 0. The number of anilines is 1. The van der Waals surface area contributed by atoms with Crippen molar-refractivity contribution in [3.63, 3.8) is 0 Å². The first-order valence-electron chi connectivity index (χ1n) is 11.0. The minimum Gasteiger partial charge on any atom is -0.376 e. The molecule has 0 spiro atoms. The van der Waals surface area contributed by atoms with Gasteiger partial charge in [0, 0.05) is 58.5 Å². The van der Waals surface area contributed by atoms with Crippen molar-refractivity contribution >= 4 is 35.8 Å². The number of aliphatic imine (C=N–C) groups is 1. The van der Waals surface area contributed by atoms with Crippen LogP contribution in [0.2, 0.25) is 0 Å². The van der Waals surface area contributed by atoms with Gasteiger partial charge >= 0.3 is 0 Å². The van der Waals surface area contributed by atoms with Gasteiger partial charge in [-0.15, -0.1) is 34.2 Å². The summed E-state index contributed by atoms with van der Waals surface area (Å²) in [7, 11) is 0. The van der Waals surface area contributed by atoms with Crippen LogP contribution in [0.4, 0.5) is 5.82 Å². The molecule has 4 heterocycles. The molecule has 2 fully saturated rings. The van der Waals surface area contributed by atoms with E-state index in [1.54, 1.807) is 6.33 Å². The third kappa shape index (κ3) is 6.52. The van der Waals surface area contributed by atoms with Gasteiger partial charge in [-0.1, -0.05) is 13.0 Å². The number of nitrogens with zero attached hydrogens (tertiary/aromatic N) is 7. The number of rotatable bonds is 7. The molecule has 1 unspecified atom stereocenters. The molecule has 0 radical (unpaired) electrons. The van der Waals surface area contributed by atoms with Crippen molar-refractivity contribution < 1.29 is 4.74 Å². The molecule has 2 aliphatic rings. The summed E-state index contributed by atoms with van der Waals surface area (Å²) in [6, 6.07) is 6.07. The van der Waals surface area contributed by atoms with Crippen molar-refractivity contribution in [3.8, 4) is 0 Å². The molecule has 0 aromatic carbocycles. The molecule has 0 bridgehead atoms. The molecule has 10 heteroatoms. The van der Waals surface area contributed by atoms with Crippen LogP contribution in [-0.4, -0.2) is 82.6 Å². The lowest BCUT2D eigenvalue weighted by atomic mass is 10.2. The molecule has 4 rings (SSSR count). The third-order valence-electron chi connectivity index (χ3n) is 5.67. The van der Waals surface area contributed by atoms with Crippen molar-refractivity contribution in [1.82, 2.24) is 30.0 Å². The first-order valence-corrected chi connectivity index (χ1v) is 11.0. The molecule has 2 aromatic heterocycles. The van der Waals surface area contributed by atoms with Crippen LogP contribution in [0.5, 0.6) is 0 Å². The van der Waals surface area contributed by atoms with Gasteiger partial charge < -0.3 is 24.4 Å². The molecule has 2 aromatic rings. The molecule has 1 atom stereocenters. The number of hydrogen-bond acceptors (Lipinski definition) is 6. The molecule has 31 heavy (non-hydrogen) atoms. The van der Waals surface area contributed by atoms with Crippen LogP contribution in [0.3, 0.4) is 0 Å². The van der Waals surface area contributed by atoms with Gasteiger partial charge in [-0.05, 0) is 25.0 Å². The van der Waals surface area contributed by atoms with E-state index in [1.165, 1.54) is 0 Å².